The Balaban J connectivity index is 0. The summed E-state index contributed by atoms with van der Waals surface area (Å²) >= 11 is 0. The van der Waals surface area contributed by atoms with Crippen molar-refractivity contribution in [1.29, 1.82) is 0 Å². The number of hydrogen-bond acceptors (Lipinski definition) is 1. The van der Waals surface area contributed by atoms with Crippen LogP contribution in [0.2, 0.25) is 0 Å². The lowest BCUT2D eigenvalue weighted by Gasteiger charge is -2.03. The summed E-state index contributed by atoms with van der Waals surface area (Å²) in [5.41, 5.74) is 0. The highest BCUT2D eigenvalue weighted by Crippen LogP contribution is 2.14. The largest absolute Gasteiger partial charge is 0.396 e. The van der Waals surface area contributed by atoms with E-state index >= 15 is 0 Å². The molecule has 0 atom stereocenters. The Kier molecular flexibility index (Phi) is 26.2. The molecule has 0 spiro atoms. The maximum absolute atomic E-state index is 8.69. The van der Waals surface area contributed by atoms with Crippen LogP contribution in [0.25, 0.3) is 0 Å². The zero-order valence-electron chi connectivity index (χ0n) is 15.3. The van der Waals surface area contributed by atoms with Gasteiger partial charge in [-0.3, -0.25) is 0 Å². The first-order valence-electron chi connectivity index (χ1n) is 10.0. The number of aliphatic hydroxyl groups excluding tert-OH is 1. The Morgan fingerprint density at radius 2 is 0.636 bits per heavy atom. The summed E-state index contributed by atoms with van der Waals surface area (Å²) in [6, 6.07) is 0. The summed E-state index contributed by atoms with van der Waals surface area (Å²) in [7, 11) is 0. The van der Waals surface area contributed by atoms with Crippen LogP contribution in [0.1, 0.15) is 122 Å². The van der Waals surface area contributed by atoms with E-state index in [1.165, 1.54) is 109 Å². The van der Waals surface area contributed by atoms with Gasteiger partial charge in [0.2, 0.25) is 0 Å². The summed E-state index contributed by atoms with van der Waals surface area (Å²) in [6.07, 6.45) is 25.1. The van der Waals surface area contributed by atoms with Crippen LogP contribution in [0.5, 0.6) is 0 Å². The first kappa shape index (κ1) is 24.5. The van der Waals surface area contributed by atoms with Crippen molar-refractivity contribution in [1.82, 2.24) is 0 Å². The van der Waals surface area contributed by atoms with Gasteiger partial charge in [-0.25, -0.2) is 0 Å². The van der Waals surface area contributed by atoms with Crippen LogP contribution in [-0.2, 0) is 0 Å². The number of halogens is 1. The summed E-state index contributed by atoms with van der Waals surface area (Å²) in [5.74, 6) is 0. The third-order valence-electron chi connectivity index (χ3n) is 4.51. The van der Waals surface area contributed by atoms with Gasteiger partial charge in [0.1, 0.15) is 0 Å². The minimum atomic E-state index is 0. The van der Waals surface area contributed by atoms with Crippen LogP contribution in [-0.4, -0.2) is 11.7 Å². The molecule has 0 unspecified atom stereocenters. The van der Waals surface area contributed by atoms with E-state index in [2.05, 4.69) is 6.92 Å². The van der Waals surface area contributed by atoms with E-state index in [4.69, 9.17) is 5.11 Å². The van der Waals surface area contributed by atoms with Crippen LogP contribution in [0.3, 0.4) is 0 Å². The summed E-state index contributed by atoms with van der Waals surface area (Å²) in [4.78, 5) is 0. The maximum Gasteiger partial charge on any atom is 0.0431 e. The predicted molar refractivity (Wildman–Crippen MR) is 103 cm³/mol. The molecule has 0 saturated heterocycles. The fraction of sp³-hybridized carbons (Fsp3) is 1.00. The highest BCUT2D eigenvalue weighted by Gasteiger charge is 1.94. The van der Waals surface area contributed by atoms with Gasteiger partial charge in [0.05, 0.1) is 0 Å². The lowest BCUT2D eigenvalue weighted by atomic mass is 10.0. The quantitative estimate of drug-likeness (QED) is 0.258. The second-order valence-electron chi connectivity index (χ2n) is 6.73. The van der Waals surface area contributed by atoms with Gasteiger partial charge in [-0.05, 0) is 6.42 Å². The normalized spacial score (nSPS) is 10.6. The molecule has 0 fully saturated rings. The molecule has 0 radical (unpaired) electrons. The minimum absolute atomic E-state index is 0. The Bertz CT molecular complexity index is 155. The number of unbranched alkanes of at least 4 members (excludes halogenated alkanes) is 17. The maximum atomic E-state index is 8.69. The second kappa shape index (κ2) is 23.5. The van der Waals surface area contributed by atoms with Crippen molar-refractivity contribution in [2.24, 2.45) is 0 Å². The van der Waals surface area contributed by atoms with Crippen LogP contribution in [0.4, 0.5) is 0 Å². The molecule has 1 nitrogen and oxygen atoms in total. The number of rotatable bonds is 18. The Morgan fingerprint density at radius 3 is 0.864 bits per heavy atom. The lowest BCUT2D eigenvalue weighted by Crippen LogP contribution is -1.85. The minimum Gasteiger partial charge on any atom is -0.396 e. The van der Waals surface area contributed by atoms with Crippen molar-refractivity contribution in [3.8, 4) is 0 Å². The lowest BCUT2D eigenvalue weighted by molar-refractivity contribution is 0.282. The molecule has 0 amide bonds. The monoisotopic (exact) mass is 334 g/mol. The predicted octanol–water partition coefficient (Wildman–Crippen LogP) is 7.44. The summed E-state index contributed by atoms with van der Waals surface area (Å²) in [6.45, 7) is 2.66. The SMILES string of the molecule is CCCCCCCCCCCCCCCCCCCCO.Cl. The Morgan fingerprint density at radius 1 is 0.409 bits per heavy atom. The van der Waals surface area contributed by atoms with Crippen molar-refractivity contribution in [2.45, 2.75) is 122 Å². The van der Waals surface area contributed by atoms with E-state index in [-0.39, 0.29) is 12.4 Å². The van der Waals surface area contributed by atoms with Gasteiger partial charge in [-0.2, -0.15) is 0 Å². The average molecular weight is 335 g/mol. The van der Waals surface area contributed by atoms with Gasteiger partial charge in [0.25, 0.3) is 0 Å². The molecule has 0 aromatic heterocycles. The van der Waals surface area contributed by atoms with Crippen molar-refractivity contribution in [3.63, 3.8) is 0 Å². The molecular weight excluding hydrogens is 292 g/mol. The van der Waals surface area contributed by atoms with Gasteiger partial charge >= 0.3 is 0 Å². The molecule has 0 aliphatic carbocycles. The first-order valence-corrected chi connectivity index (χ1v) is 10.0. The van der Waals surface area contributed by atoms with Gasteiger partial charge in [0.15, 0.2) is 0 Å². The molecule has 0 aliphatic rings. The van der Waals surface area contributed by atoms with Gasteiger partial charge in [-0.1, -0.05) is 116 Å². The van der Waals surface area contributed by atoms with E-state index in [0.717, 1.165) is 6.42 Å². The van der Waals surface area contributed by atoms with E-state index < -0.39 is 0 Å². The molecule has 0 aromatic rings. The molecule has 1 N–H and O–H groups in total. The highest BCUT2D eigenvalue weighted by atomic mass is 35.5. The van der Waals surface area contributed by atoms with E-state index in [0.29, 0.717) is 6.61 Å². The topological polar surface area (TPSA) is 20.2 Å². The third kappa shape index (κ3) is 22.5. The molecule has 2 heteroatoms. The molecule has 22 heavy (non-hydrogen) atoms. The molecule has 0 aromatic carbocycles. The second-order valence-corrected chi connectivity index (χ2v) is 6.73. The zero-order valence-corrected chi connectivity index (χ0v) is 16.1. The van der Waals surface area contributed by atoms with Crippen molar-refractivity contribution < 1.29 is 5.11 Å². The van der Waals surface area contributed by atoms with Crippen molar-refractivity contribution in [2.75, 3.05) is 6.61 Å². The molecule has 0 bridgehead atoms. The van der Waals surface area contributed by atoms with Crippen LogP contribution < -0.4 is 0 Å². The van der Waals surface area contributed by atoms with E-state index in [1.54, 1.807) is 0 Å². The Labute approximate surface area is 147 Å². The molecule has 136 valence electrons. The summed E-state index contributed by atoms with van der Waals surface area (Å²) < 4.78 is 0. The molecule has 0 heterocycles. The highest BCUT2D eigenvalue weighted by molar-refractivity contribution is 5.85. The zero-order chi connectivity index (χ0) is 15.4. The molecule has 0 rings (SSSR count). The third-order valence-corrected chi connectivity index (χ3v) is 4.51. The smallest absolute Gasteiger partial charge is 0.0431 e. The molecule has 0 aliphatic heterocycles. The fourth-order valence-corrected chi connectivity index (χ4v) is 3.01. The average Bonchev–Trinajstić information content (AvgIpc) is 2.50. The van der Waals surface area contributed by atoms with E-state index in [1.807, 2.05) is 0 Å². The van der Waals surface area contributed by atoms with Crippen molar-refractivity contribution in [3.05, 3.63) is 0 Å². The number of aliphatic hydroxyl groups is 1. The standard InChI is InChI=1S/C20H42O.ClH/c1-2-3-4-5-6-7-8-9-10-11-12-13-14-15-16-17-18-19-20-21;/h21H,2-20H2,1H3;1H. The van der Waals surface area contributed by atoms with Crippen LogP contribution in [0, 0.1) is 0 Å². The first-order chi connectivity index (χ1) is 10.4. The van der Waals surface area contributed by atoms with Crippen LogP contribution >= 0.6 is 12.4 Å². The van der Waals surface area contributed by atoms with Gasteiger partial charge in [-0.15, -0.1) is 12.4 Å². The molecular formula is C20H43ClO. The number of hydrogen-bond donors (Lipinski definition) is 1. The summed E-state index contributed by atoms with van der Waals surface area (Å²) in [5, 5.41) is 8.69. The molecule has 0 saturated carbocycles. The fourth-order valence-electron chi connectivity index (χ4n) is 3.01. The van der Waals surface area contributed by atoms with Gasteiger partial charge < -0.3 is 5.11 Å². The van der Waals surface area contributed by atoms with Crippen LogP contribution in [0.15, 0.2) is 0 Å². The Hall–Kier alpha value is 0.250. The van der Waals surface area contributed by atoms with E-state index in [9.17, 15) is 0 Å². The van der Waals surface area contributed by atoms with Crippen molar-refractivity contribution >= 4 is 12.4 Å². The van der Waals surface area contributed by atoms with Gasteiger partial charge in [0, 0.05) is 6.61 Å².